The van der Waals surface area contributed by atoms with Crippen LogP contribution in [-0.4, -0.2) is 10.9 Å². The number of rotatable bonds is 4. The van der Waals surface area contributed by atoms with Gasteiger partial charge in [-0.15, -0.1) is 0 Å². The Kier molecular flexibility index (Phi) is 5.18. The molecule has 116 valence electrons. The number of pyridine rings is 1. The van der Waals surface area contributed by atoms with E-state index in [9.17, 15) is 4.79 Å². The van der Waals surface area contributed by atoms with Crippen molar-refractivity contribution in [3.63, 3.8) is 0 Å². The predicted molar refractivity (Wildman–Crippen MR) is 90.8 cm³/mol. The minimum absolute atomic E-state index is 0.0944. The van der Waals surface area contributed by atoms with E-state index in [4.69, 9.17) is 22.6 Å². The molecule has 1 aromatic heterocycles. The van der Waals surface area contributed by atoms with Gasteiger partial charge in [-0.1, -0.05) is 17.7 Å². The van der Waals surface area contributed by atoms with E-state index in [-0.39, 0.29) is 5.57 Å². The fourth-order valence-electron chi connectivity index (χ4n) is 1.73. The molecule has 4 N–H and O–H groups in total. The van der Waals surface area contributed by atoms with Crippen LogP contribution in [-0.2, 0) is 4.79 Å². The number of amides is 1. The van der Waals surface area contributed by atoms with Gasteiger partial charge in [0.05, 0.1) is 10.7 Å². The zero-order chi connectivity index (χ0) is 16.8. The molecule has 0 bridgehead atoms. The Balaban J connectivity index is 2.12. The van der Waals surface area contributed by atoms with Gasteiger partial charge < -0.3 is 16.4 Å². The topological polar surface area (TPSA) is 104 Å². The number of nitriles is 1. The molecule has 6 nitrogen and oxygen atoms in total. The highest BCUT2D eigenvalue weighted by Crippen LogP contribution is 2.22. The quantitative estimate of drug-likeness (QED) is 0.455. The van der Waals surface area contributed by atoms with E-state index >= 15 is 0 Å². The lowest BCUT2D eigenvalue weighted by molar-refractivity contribution is -0.112. The molecule has 0 radical (unpaired) electrons. The Hall–Kier alpha value is -3.04. The van der Waals surface area contributed by atoms with Crippen LogP contribution in [0, 0.1) is 18.3 Å². The SMILES string of the molecule is Cc1cccnc1N/C=C(/C#N)C(=O)Nc1ccc(N)c(Cl)c1. The fourth-order valence-corrected chi connectivity index (χ4v) is 1.91. The molecular weight excluding hydrogens is 314 g/mol. The van der Waals surface area contributed by atoms with Crippen LogP contribution in [0.5, 0.6) is 0 Å². The van der Waals surface area contributed by atoms with Gasteiger partial charge in [0.25, 0.3) is 5.91 Å². The first-order valence-corrected chi connectivity index (χ1v) is 7.04. The number of carbonyl (C=O) groups excluding carboxylic acids is 1. The highest BCUT2D eigenvalue weighted by Gasteiger charge is 2.10. The molecule has 7 heteroatoms. The van der Waals surface area contributed by atoms with Crippen molar-refractivity contribution in [2.24, 2.45) is 0 Å². The number of halogens is 1. The van der Waals surface area contributed by atoms with Gasteiger partial charge in [-0.25, -0.2) is 4.98 Å². The van der Waals surface area contributed by atoms with Gasteiger partial charge in [0, 0.05) is 18.1 Å². The van der Waals surface area contributed by atoms with Crippen molar-refractivity contribution in [2.75, 3.05) is 16.4 Å². The summed E-state index contributed by atoms with van der Waals surface area (Å²) in [5.41, 5.74) is 7.27. The second-order valence-corrected chi connectivity index (χ2v) is 5.08. The second-order valence-electron chi connectivity index (χ2n) is 4.67. The van der Waals surface area contributed by atoms with Crippen molar-refractivity contribution in [1.82, 2.24) is 4.98 Å². The molecule has 23 heavy (non-hydrogen) atoms. The summed E-state index contributed by atoms with van der Waals surface area (Å²) in [5, 5.41) is 14.9. The van der Waals surface area contributed by atoms with E-state index in [1.165, 1.54) is 12.3 Å². The van der Waals surface area contributed by atoms with Crippen LogP contribution >= 0.6 is 11.6 Å². The molecule has 0 aliphatic carbocycles. The van der Waals surface area contributed by atoms with Gasteiger partial charge >= 0.3 is 0 Å². The first-order valence-electron chi connectivity index (χ1n) is 6.66. The monoisotopic (exact) mass is 327 g/mol. The normalized spacial score (nSPS) is 10.7. The zero-order valence-corrected chi connectivity index (χ0v) is 13.1. The standard InChI is InChI=1S/C16H14ClN5O/c1-10-3-2-6-20-15(10)21-9-11(8-18)16(23)22-12-4-5-14(19)13(17)7-12/h2-7,9H,19H2,1H3,(H,20,21)(H,22,23)/b11-9-. The number of carbonyl (C=O) groups is 1. The summed E-state index contributed by atoms with van der Waals surface area (Å²) in [6.07, 6.45) is 2.93. The summed E-state index contributed by atoms with van der Waals surface area (Å²) in [7, 11) is 0. The number of benzene rings is 1. The third kappa shape index (κ3) is 4.22. The van der Waals surface area contributed by atoms with Gasteiger partial charge in [-0.3, -0.25) is 4.79 Å². The predicted octanol–water partition coefficient (Wildman–Crippen LogP) is 3.08. The van der Waals surface area contributed by atoms with Crippen LogP contribution in [0.1, 0.15) is 5.56 Å². The number of nitrogens with one attached hydrogen (secondary N) is 2. The first-order chi connectivity index (χ1) is 11.0. The van der Waals surface area contributed by atoms with Crippen LogP contribution in [0.15, 0.2) is 48.3 Å². The van der Waals surface area contributed by atoms with E-state index in [0.717, 1.165) is 5.56 Å². The van der Waals surface area contributed by atoms with Crippen LogP contribution in [0.3, 0.4) is 0 Å². The number of hydrogen-bond acceptors (Lipinski definition) is 5. The van der Waals surface area contributed by atoms with Gasteiger partial charge in [-0.05, 0) is 36.8 Å². The Morgan fingerprint density at radius 3 is 2.87 bits per heavy atom. The summed E-state index contributed by atoms with van der Waals surface area (Å²) in [6.45, 7) is 1.87. The number of aromatic nitrogens is 1. The van der Waals surface area contributed by atoms with E-state index in [1.807, 2.05) is 19.1 Å². The molecule has 0 fully saturated rings. The van der Waals surface area contributed by atoms with Crippen molar-refractivity contribution in [3.05, 3.63) is 58.9 Å². The van der Waals surface area contributed by atoms with Crippen molar-refractivity contribution >= 4 is 34.7 Å². The Morgan fingerprint density at radius 1 is 1.43 bits per heavy atom. The molecule has 0 saturated heterocycles. The minimum Gasteiger partial charge on any atom is -0.398 e. The van der Waals surface area contributed by atoms with Gasteiger partial charge in [-0.2, -0.15) is 5.26 Å². The first kappa shape index (κ1) is 16.3. The van der Waals surface area contributed by atoms with Crippen LogP contribution in [0.25, 0.3) is 0 Å². The Morgan fingerprint density at radius 2 is 2.22 bits per heavy atom. The number of nitrogen functional groups attached to an aromatic ring is 1. The molecule has 2 aromatic rings. The maximum absolute atomic E-state index is 12.1. The molecule has 0 aliphatic rings. The molecule has 1 heterocycles. The van der Waals surface area contributed by atoms with Crippen molar-refractivity contribution in [2.45, 2.75) is 6.92 Å². The number of anilines is 3. The van der Waals surface area contributed by atoms with E-state index < -0.39 is 5.91 Å². The molecule has 0 atom stereocenters. The lowest BCUT2D eigenvalue weighted by Crippen LogP contribution is -2.14. The maximum Gasteiger partial charge on any atom is 0.267 e. The molecule has 0 spiro atoms. The number of hydrogen-bond donors (Lipinski definition) is 3. The lowest BCUT2D eigenvalue weighted by atomic mass is 10.2. The molecule has 0 unspecified atom stereocenters. The van der Waals surface area contributed by atoms with Gasteiger partial charge in [0.1, 0.15) is 17.5 Å². The number of aryl methyl sites for hydroxylation is 1. The molecule has 0 saturated carbocycles. The number of nitrogens with zero attached hydrogens (tertiary/aromatic N) is 2. The van der Waals surface area contributed by atoms with Gasteiger partial charge in [0.2, 0.25) is 0 Å². The minimum atomic E-state index is -0.561. The smallest absolute Gasteiger partial charge is 0.267 e. The molecule has 2 rings (SSSR count). The zero-order valence-electron chi connectivity index (χ0n) is 12.3. The molecular formula is C16H14ClN5O. The van der Waals surface area contributed by atoms with Crippen LogP contribution in [0.2, 0.25) is 5.02 Å². The van der Waals surface area contributed by atoms with Crippen LogP contribution in [0.4, 0.5) is 17.2 Å². The van der Waals surface area contributed by atoms with Gasteiger partial charge in [0.15, 0.2) is 0 Å². The lowest BCUT2D eigenvalue weighted by Gasteiger charge is -2.07. The Labute approximate surface area is 138 Å². The highest BCUT2D eigenvalue weighted by molar-refractivity contribution is 6.33. The summed E-state index contributed by atoms with van der Waals surface area (Å²) in [4.78, 5) is 16.2. The van der Waals surface area contributed by atoms with E-state index in [1.54, 1.807) is 24.4 Å². The van der Waals surface area contributed by atoms with Crippen molar-refractivity contribution in [1.29, 1.82) is 5.26 Å². The largest absolute Gasteiger partial charge is 0.398 e. The molecule has 1 aromatic carbocycles. The van der Waals surface area contributed by atoms with Crippen molar-refractivity contribution < 1.29 is 4.79 Å². The van der Waals surface area contributed by atoms with Crippen molar-refractivity contribution in [3.8, 4) is 6.07 Å². The third-order valence-corrected chi connectivity index (χ3v) is 3.31. The summed E-state index contributed by atoms with van der Waals surface area (Å²) < 4.78 is 0. The maximum atomic E-state index is 12.1. The highest BCUT2D eigenvalue weighted by atomic mass is 35.5. The second kappa shape index (κ2) is 7.29. The third-order valence-electron chi connectivity index (χ3n) is 2.99. The molecule has 0 aliphatic heterocycles. The number of nitrogens with two attached hydrogens (primary N) is 1. The Bertz CT molecular complexity index is 810. The average molecular weight is 328 g/mol. The summed E-state index contributed by atoms with van der Waals surface area (Å²) in [5.74, 6) is 0.0120. The summed E-state index contributed by atoms with van der Waals surface area (Å²) in [6, 6.07) is 10.2. The van der Waals surface area contributed by atoms with Crippen LogP contribution < -0.4 is 16.4 Å². The van der Waals surface area contributed by atoms with E-state index in [2.05, 4.69) is 15.6 Å². The fraction of sp³-hybridized carbons (Fsp3) is 0.0625. The average Bonchev–Trinajstić information content (AvgIpc) is 2.53. The molecule has 1 amide bonds. The summed E-state index contributed by atoms with van der Waals surface area (Å²) >= 11 is 5.89. The van der Waals surface area contributed by atoms with E-state index in [0.29, 0.717) is 22.2 Å².